The maximum absolute atomic E-state index is 14.1. The summed E-state index contributed by atoms with van der Waals surface area (Å²) >= 11 is 0. The highest BCUT2D eigenvalue weighted by Gasteiger charge is 2.34. The monoisotopic (exact) mass is 581 g/mol. The minimum atomic E-state index is -4.15. The molecule has 0 unspecified atom stereocenters. The lowest BCUT2D eigenvalue weighted by atomic mass is 10.1. The molecule has 7 nitrogen and oxygen atoms in total. The van der Waals surface area contributed by atoms with E-state index in [0.717, 1.165) is 15.4 Å². The molecule has 3 rings (SSSR count). The van der Waals surface area contributed by atoms with Crippen LogP contribution in [0, 0.1) is 32.5 Å². The van der Waals surface area contributed by atoms with Crippen LogP contribution in [0.3, 0.4) is 0 Å². The highest BCUT2D eigenvalue weighted by Crippen LogP contribution is 2.28. The van der Waals surface area contributed by atoms with Crippen LogP contribution in [0.25, 0.3) is 0 Å². The fraction of sp³-hybridized carbons (Fsp3) is 0.375. The number of halogens is 1. The predicted molar refractivity (Wildman–Crippen MR) is 161 cm³/mol. The molecular weight excluding hydrogens is 541 g/mol. The summed E-state index contributed by atoms with van der Waals surface area (Å²) in [5.41, 5.74) is 3.55. The van der Waals surface area contributed by atoms with Gasteiger partial charge in [-0.15, -0.1) is 0 Å². The molecule has 2 amide bonds. The first-order valence-electron chi connectivity index (χ1n) is 13.8. The number of hydrogen-bond acceptors (Lipinski definition) is 4. The fourth-order valence-electron chi connectivity index (χ4n) is 4.56. The summed E-state index contributed by atoms with van der Waals surface area (Å²) in [6.07, 6.45) is 0.311. The summed E-state index contributed by atoms with van der Waals surface area (Å²) in [5, 5.41) is 2.90. The standard InChI is InChI=1S/C32H40FN3O4S/c1-7-29(32(38)34-19-22(2)3)35(20-26-11-13-27(33)14-12-26)31(37)21-36(30-17-10-24(5)18-25(30)6)41(39,40)28-15-8-23(4)9-16-28/h8-18,22,29H,7,19-21H2,1-6H3,(H,34,38)/t29-/m0/s1. The molecule has 0 saturated carbocycles. The van der Waals surface area contributed by atoms with Crippen molar-refractivity contribution in [1.82, 2.24) is 10.2 Å². The first-order chi connectivity index (χ1) is 19.3. The van der Waals surface area contributed by atoms with Gasteiger partial charge in [0, 0.05) is 13.1 Å². The Kier molecular flexibility index (Phi) is 10.7. The number of carbonyl (C=O) groups excluding carboxylic acids is 2. The molecule has 1 N–H and O–H groups in total. The fourth-order valence-corrected chi connectivity index (χ4v) is 6.04. The largest absolute Gasteiger partial charge is 0.354 e. The third-order valence-corrected chi connectivity index (χ3v) is 8.62. The first-order valence-corrected chi connectivity index (χ1v) is 15.3. The van der Waals surface area contributed by atoms with E-state index >= 15 is 0 Å². The lowest BCUT2D eigenvalue weighted by Crippen LogP contribution is -2.52. The normalized spacial score (nSPS) is 12.2. The van der Waals surface area contributed by atoms with Gasteiger partial charge in [-0.3, -0.25) is 13.9 Å². The smallest absolute Gasteiger partial charge is 0.264 e. The molecule has 0 aromatic heterocycles. The van der Waals surface area contributed by atoms with Gasteiger partial charge in [0.15, 0.2) is 0 Å². The van der Waals surface area contributed by atoms with Crippen molar-refractivity contribution >= 4 is 27.5 Å². The Labute approximate surface area is 243 Å². The molecule has 0 saturated heterocycles. The van der Waals surface area contributed by atoms with Crippen LogP contribution in [0.1, 0.15) is 49.4 Å². The SMILES string of the molecule is CC[C@@H](C(=O)NCC(C)C)N(Cc1ccc(F)cc1)C(=O)CN(c1ccc(C)cc1C)S(=O)(=O)c1ccc(C)cc1. The predicted octanol–water partition coefficient (Wildman–Crippen LogP) is 5.53. The second-order valence-electron chi connectivity index (χ2n) is 10.8. The Hall–Kier alpha value is -3.72. The van der Waals surface area contributed by atoms with Crippen LogP contribution < -0.4 is 9.62 Å². The summed E-state index contributed by atoms with van der Waals surface area (Å²) in [4.78, 5) is 28.8. The van der Waals surface area contributed by atoms with Gasteiger partial charge in [0.25, 0.3) is 10.0 Å². The molecule has 0 aliphatic heterocycles. The van der Waals surface area contributed by atoms with Crippen LogP contribution in [0.5, 0.6) is 0 Å². The summed E-state index contributed by atoms with van der Waals surface area (Å²) in [6.45, 7) is 11.3. The highest BCUT2D eigenvalue weighted by molar-refractivity contribution is 7.92. The Bertz CT molecular complexity index is 1460. The molecular formula is C32H40FN3O4S. The number of benzene rings is 3. The number of rotatable bonds is 12. The van der Waals surface area contributed by atoms with E-state index in [-0.39, 0.29) is 23.3 Å². The van der Waals surface area contributed by atoms with E-state index in [1.807, 2.05) is 33.8 Å². The second kappa shape index (κ2) is 13.8. The zero-order chi connectivity index (χ0) is 30.3. The van der Waals surface area contributed by atoms with Crippen LogP contribution in [-0.4, -0.2) is 44.3 Å². The molecule has 0 aliphatic carbocycles. The van der Waals surface area contributed by atoms with Gasteiger partial charge >= 0.3 is 0 Å². The van der Waals surface area contributed by atoms with Gasteiger partial charge in [0.05, 0.1) is 10.6 Å². The third kappa shape index (κ3) is 8.16. The average molecular weight is 582 g/mol. The van der Waals surface area contributed by atoms with E-state index in [9.17, 15) is 22.4 Å². The Morgan fingerprint density at radius 2 is 1.51 bits per heavy atom. The zero-order valence-corrected chi connectivity index (χ0v) is 25.5. The van der Waals surface area contributed by atoms with Crippen molar-refractivity contribution in [2.45, 2.75) is 65.4 Å². The van der Waals surface area contributed by atoms with Gasteiger partial charge in [0.2, 0.25) is 11.8 Å². The van der Waals surface area contributed by atoms with E-state index in [1.54, 1.807) is 50.2 Å². The maximum atomic E-state index is 14.1. The number of hydrogen-bond donors (Lipinski definition) is 1. The Balaban J connectivity index is 2.07. The molecule has 3 aromatic rings. The summed E-state index contributed by atoms with van der Waals surface area (Å²) in [5.74, 6) is -1.08. The van der Waals surface area contributed by atoms with Crippen molar-refractivity contribution in [1.29, 1.82) is 0 Å². The molecule has 0 bridgehead atoms. The minimum absolute atomic E-state index is 0.0119. The highest BCUT2D eigenvalue weighted by atomic mass is 32.2. The van der Waals surface area contributed by atoms with E-state index in [0.29, 0.717) is 29.8 Å². The molecule has 1 atom stereocenters. The van der Waals surface area contributed by atoms with Crippen LogP contribution in [0.4, 0.5) is 10.1 Å². The Morgan fingerprint density at radius 3 is 2.07 bits per heavy atom. The number of nitrogens with one attached hydrogen (secondary N) is 1. The van der Waals surface area contributed by atoms with Crippen molar-refractivity contribution in [2.24, 2.45) is 5.92 Å². The zero-order valence-electron chi connectivity index (χ0n) is 24.6. The lowest BCUT2D eigenvalue weighted by molar-refractivity contribution is -0.140. The molecule has 0 radical (unpaired) electrons. The second-order valence-corrected chi connectivity index (χ2v) is 12.7. The molecule has 0 aliphatic rings. The number of aryl methyl sites for hydroxylation is 3. The van der Waals surface area contributed by atoms with Gasteiger partial charge < -0.3 is 10.2 Å². The number of nitrogens with zero attached hydrogens (tertiary/aromatic N) is 2. The first kappa shape index (κ1) is 31.8. The van der Waals surface area contributed by atoms with Gasteiger partial charge in [0.1, 0.15) is 18.4 Å². The van der Waals surface area contributed by atoms with Crippen molar-refractivity contribution in [3.63, 3.8) is 0 Å². The van der Waals surface area contributed by atoms with Gasteiger partial charge in [-0.05, 0) is 74.6 Å². The number of amides is 2. The summed E-state index contributed by atoms with van der Waals surface area (Å²) in [7, 11) is -4.15. The summed E-state index contributed by atoms with van der Waals surface area (Å²) in [6, 6.07) is 16.7. The number of carbonyl (C=O) groups is 2. The minimum Gasteiger partial charge on any atom is -0.354 e. The molecule has 0 heterocycles. The lowest BCUT2D eigenvalue weighted by Gasteiger charge is -2.33. The molecule has 9 heteroatoms. The van der Waals surface area contributed by atoms with Gasteiger partial charge in [-0.1, -0.05) is 68.3 Å². The van der Waals surface area contributed by atoms with Crippen molar-refractivity contribution in [3.05, 3.63) is 94.8 Å². The van der Waals surface area contributed by atoms with Crippen LogP contribution in [-0.2, 0) is 26.2 Å². The van der Waals surface area contributed by atoms with Crippen LogP contribution in [0.15, 0.2) is 71.6 Å². The maximum Gasteiger partial charge on any atom is 0.264 e. The average Bonchev–Trinajstić information content (AvgIpc) is 2.92. The van der Waals surface area contributed by atoms with Gasteiger partial charge in [-0.2, -0.15) is 0 Å². The molecule has 220 valence electrons. The quantitative estimate of drug-likeness (QED) is 0.305. The van der Waals surface area contributed by atoms with Crippen molar-refractivity contribution in [2.75, 3.05) is 17.4 Å². The molecule has 3 aromatic carbocycles. The van der Waals surface area contributed by atoms with E-state index in [1.165, 1.54) is 29.2 Å². The van der Waals surface area contributed by atoms with Crippen molar-refractivity contribution in [3.8, 4) is 0 Å². The molecule has 0 fully saturated rings. The number of sulfonamides is 1. The van der Waals surface area contributed by atoms with Crippen molar-refractivity contribution < 1.29 is 22.4 Å². The summed E-state index contributed by atoms with van der Waals surface area (Å²) < 4.78 is 42.8. The van der Waals surface area contributed by atoms with Gasteiger partial charge in [-0.25, -0.2) is 12.8 Å². The van der Waals surface area contributed by atoms with Crippen LogP contribution >= 0.6 is 0 Å². The van der Waals surface area contributed by atoms with Crippen LogP contribution in [0.2, 0.25) is 0 Å². The molecule has 0 spiro atoms. The topological polar surface area (TPSA) is 86.8 Å². The van der Waals surface area contributed by atoms with E-state index in [4.69, 9.17) is 0 Å². The Morgan fingerprint density at radius 1 is 0.902 bits per heavy atom. The van der Waals surface area contributed by atoms with E-state index in [2.05, 4.69) is 5.32 Å². The van der Waals surface area contributed by atoms with E-state index < -0.39 is 34.3 Å². The third-order valence-electron chi connectivity index (χ3n) is 6.85. The molecule has 41 heavy (non-hydrogen) atoms. The number of anilines is 1.